The zero-order valence-electron chi connectivity index (χ0n) is 22.6. The predicted octanol–water partition coefficient (Wildman–Crippen LogP) is 8.36. The Bertz CT molecular complexity index is 1480. The van der Waals surface area contributed by atoms with Crippen LogP contribution < -0.4 is 16.0 Å². The Kier molecular flexibility index (Phi) is 6.81. The van der Waals surface area contributed by atoms with Gasteiger partial charge in [-0.3, -0.25) is 0 Å². The second kappa shape index (κ2) is 10.2. The summed E-state index contributed by atoms with van der Waals surface area (Å²) in [6.45, 7) is 9.35. The van der Waals surface area contributed by atoms with E-state index in [-0.39, 0.29) is 10.8 Å². The van der Waals surface area contributed by atoms with Gasteiger partial charge >= 0.3 is 0 Å². The van der Waals surface area contributed by atoms with Crippen LogP contribution in [-0.4, -0.2) is 6.34 Å². The lowest BCUT2D eigenvalue weighted by Gasteiger charge is -2.49. The molecule has 3 aromatic carbocycles. The number of para-hydroxylation sites is 2. The normalized spacial score (nSPS) is 17.0. The highest BCUT2D eigenvalue weighted by Gasteiger charge is 2.45. The van der Waals surface area contributed by atoms with Gasteiger partial charge in [0.25, 0.3) is 0 Å². The van der Waals surface area contributed by atoms with Crippen LogP contribution in [0.3, 0.4) is 0 Å². The van der Waals surface area contributed by atoms with Gasteiger partial charge in [0.2, 0.25) is 0 Å². The molecule has 4 nitrogen and oxygen atoms in total. The average molecular weight is 501 g/mol. The molecule has 192 valence electrons. The summed E-state index contributed by atoms with van der Waals surface area (Å²) in [6.07, 6.45) is 17.6. The number of hydrogen-bond donors (Lipinski definition) is 2. The van der Waals surface area contributed by atoms with Gasteiger partial charge in [0.15, 0.2) is 0 Å². The van der Waals surface area contributed by atoms with Gasteiger partial charge in [0, 0.05) is 22.7 Å². The Labute approximate surface area is 226 Å². The van der Waals surface area contributed by atoms with Gasteiger partial charge in [-0.1, -0.05) is 88.4 Å². The molecule has 2 aliphatic rings. The maximum Gasteiger partial charge on any atom is 0.0922 e. The first-order valence-electron chi connectivity index (χ1n) is 13.2. The smallest absolute Gasteiger partial charge is 0.0922 e. The summed E-state index contributed by atoms with van der Waals surface area (Å²) in [5, 5.41) is 3.36. The van der Waals surface area contributed by atoms with Crippen LogP contribution in [0.1, 0.15) is 56.4 Å². The maximum absolute atomic E-state index is 5.31. The number of nitrogens with one attached hydrogen (secondary N) is 1. The van der Waals surface area contributed by atoms with Gasteiger partial charge < -0.3 is 16.0 Å². The molecule has 0 radical (unpaired) electrons. The number of allylic oxidation sites excluding steroid dienone is 6. The van der Waals surface area contributed by atoms with E-state index in [1.54, 1.807) is 12.5 Å². The molecule has 38 heavy (non-hydrogen) atoms. The quantitative estimate of drug-likeness (QED) is 0.195. The predicted molar refractivity (Wildman–Crippen MR) is 163 cm³/mol. The molecule has 0 unspecified atom stereocenters. The van der Waals surface area contributed by atoms with Gasteiger partial charge in [-0.2, -0.15) is 0 Å². The fourth-order valence-corrected chi connectivity index (χ4v) is 5.68. The molecule has 3 N–H and O–H groups in total. The third-order valence-electron chi connectivity index (χ3n) is 7.69. The second-order valence-corrected chi connectivity index (χ2v) is 10.8. The molecule has 0 amide bonds. The van der Waals surface area contributed by atoms with Crippen LogP contribution in [0.2, 0.25) is 0 Å². The third kappa shape index (κ3) is 4.37. The van der Waals surface area contributed by atoms with Crippen LogP contribution >= 0.6 is 0 Å². The van der Waals surface area contributed by atoms with E-state index in [0.717, 1.165) is 12.1 Å². The van der Waals surface area contributed by atoms with Crippen LogP contribution in [0.25, 0.3) is 0 Å². The first-order valence-corrected chi connectivity index (χ1v) is 13.2. The largest absolute Gasteiger partial charge is 0.405 e. The summed E-state index contributed by atoms with van der Waals surface area (Å²) >= 11 is 0. The van der Waals surface area contributed by atoms with Crippen molar-refractivity contribution < 1.29 is 0 Å². The van der Waals surface area contributed by atoms with Crippen molar-refractivity contribution in [2.24, 2.45) is 10.7 Å². The van der Waals surface area contributed by atoms with Crippen molar-refractivity contribution in [1.82, 2.24) is 0 Å². The molecule has 0 aromatic heterocycles. The second-order valence-electron chi connectivity index (χ2n) is 10.8. The molecule has 5 rings (SSSR count). The van der Waals surface area contributed by atoms with Gasteiger partial charge in [0.05, 0.1) is 23.4 Å². The van der Waals surface area contributed by atoms with Crippen molar-refractivity contribution in [2.45, 2.75) is 44.9 Å². The number of hydrogen-bond acceptors (Lipinski definition) is 3. The van der Waals surface area contributed by atoms with Crippen LogP contribution in [0.15, 0.2) is 115 Å². The molecular formula is C34H36N4. The minimum atomic E-state index is -0.145. The monoisotopic (exact) mass is 500 g/mol. The lowest BCUT2D eigenvalue weighted by atomic mass is 9.66. The summed E-state index contributed by atoms with van der Waals surface area (Å²) in [7, 11) is 0. The molecule has 0 saturated heterocycles. The fraction of sp³-hybridized carbons (Fsp3) is 0.206. The topological polar surface area (TPSA) is 53.6 Å². The summed E-state index contributed by atoms with van der Waals surface area (Å²) in [6, 6.07) is 22.3. The highest BCUT2D eigenvalue weighted by atomic mass is 15.2. The van der Waals surface area contributed by atoms with Gasteiger partial charge in [-0.05, 0) is 71.3 Å². The van der Waals surface area contributed by atoms with Crippen LogP contribution in [0.5, 0.6) is 0 Å². The molecule has 0 aliphatic carbocycles. The van der Waals surface area contributed by atoms with Crippen molar-refractivity contribution >= 4 is 29.1 Å². The molecule has 0 saturated carbocycles. The van der Waals surface area contributed by atoms with Crippen molar-refractivity contribution in [3.05, 3.63) is 132 Å². The number of aliphatic imine (C=N–C) groups is 1. The number of nitrogens with two attached hydrogens (primary N) is 1. The minimum Gasteiger partial charge on any atom is -0.405 e. The van der Waals surface area contributed by atoms with Crippen molar-refractivity contribution in [2.75, 3.05) is 10.2 Å². The van der Waals surface area contributed by atoms with E-state index in [1.807, 2.05) is 30.4 Å². The molecule has 4 heteroatoms. The Morgan fingerprint density at radius 3 is 2.18 bits per heavy atom. The lowest BCUT2D eigenvalue weighted by Crippen LogP contribution is -2.38. The van der Waals surface area contributed by atoms with E-state index in [4.69, 9.17) is 5.73 Å². The zero-order valence-corrected chi connectivity index (χ0v) is 22.6. The maximum atomic E-state index is 5.31. The average Bonchev–Trinajstić information content (AvgIpc) is 2.91. The zero-order chi connectivity index (χ0) is 26.8. The SMILES string of the molecule is CC1(C)c2ccccc2N2c3ccc(NC=N/C=C\C=C/C/C=C\C=C/N)cc3C(C)(C)c3cccc1c32. The summed E-state index contributed by atoms with van der Waals surface area (Å²) < 4.78 is 0. The molecule has 0 atom stereocenters. The number of benzene rings is 3. The van der Waals surface area contributed by atoms with Crippen LogP contribution in [0, 0.1) is 0 Å². The molecule has 0 fully saturated rings. The highest BCUT2D eigenvalue weighted by Crippen LogP contribution is 2.59. The minimum absolute atomic E-state index is 0.0643. The molecule has 0 spiro atoms. The lowest BCUT2D eigenvalue weighted by molar-refractivity contribution is 0.597. The van der Waals surface area contributed by atoms with E-state index in [9.17, 15) is 0 Å². The van der Waals surface area contributed by atoms with Gasteiger partial charge in [0.1, 0.15) is 0 Å². The summed E-state index contributed by atoms with van der Waals surface area (Å²) in [5.41, 5.74) is 15.3. The summed E-state index contributed by atoms with van der Waals surface area (Å²) in [4.78, 5) is 6.84. The van der Waals surface area contributed by atoms with Gasteiger partial charge in [-0.25, -0.2) is 4.99 Å². The number of rotatable bonds is 7. The van der Waals surface area contributed by atoms with E-state index < -0.39 is 0 Å². The highest BCUT2D eigenvalue weighted by molar-refractivity contribution is 5.93. The molecule has 0 bridgehead atoms. The Hall–Kier alpha value is -4.31. The molecule has 2 aliphatic heterocycles. The number of anilines is 4. The fourth-order valence-electron chi connectivity index (χ4n) is 5.68. The molecule has 2 heterocycles. The first-order chi connectivity index (χ1) is 18.4. The van der Waals surface area contributed by atoms with E-state index in [0.29, 0.717) is 0 Å². The Morgan fingerprint density at radius 2 is 1.42 bits per heavy atom. The molecule has 3 aromatic rings. The Morgan fingerprint density at radius 1 is 0.763 bits per heavy atom. The molecular weight excluding hydrogens is 464 g/mol. The standard InChI is InChI=1S/C34H36N4/c1-33(2)26-15-10-11-18-30(26)38-31-20-19-25(37-24-36-22-13-9-7-5-6-8-12-21-35)23-29(31)34(3,4)28-17-14-16-27(33)32(28)38/h6-24H,5,35H2,1-4H3,(H,36,37)/b8-6-,9-7-,21-12-,22-13-. The van der Waals surface area contributed by atoms with E-state index >= 15 is 0 Å². The van der Waals surface area contributed by atoms with Crippen molar-refractivity contribution in [3.63, 3.8) is 0 Å². The van der Waals surface area contributed by atoms with Crippen molar-refractivity contribution in [1.29, 1.82) is 0 Å². The van der Waals surface area contributed by atoms with Crippen molar-refractivity contribution in [3.8, 4) is 0 Å². The van der Waals surface area contributed by atoms with E-state index in [2.05, 4.69) is 110 Å². The van der Waals surface area contributed by atoms with Crippen LogP contribution in [-0.2, 0) is 10.8 Å². The first kappa shape index (κ1) is 25.3. The number of fused-ring (bicyclic) bond motifs is 4. The number of nitrogens with zero attached hydrogens (tertiary/aromatic N) is 2. The summed E-state index contributed by atoms with van der Waals surface area (Å²) in [5.74, 6) is 0. The third-order valence-corrected chi connectivity index (χ3v) is 7.69. The van der Waals surface area contributed by atoms with E-state index in [1.165, 1.54) is 45.5 Å². The van der Waals surface area contributed by atoms with Crippen LogP contribution in [0.4, 0.5) is 22.7 Å². The Balaban J connectivity index is 1.42. The van der Waals surface area contributed by atoms with Gasteiger partial charge in [-0.15, -0.1) is 0 Å².